The van der Waals surface area contributed by atoms with E-state index < -0.39 is 0 Å². The van der Waals surface area contributed by atoms with Gasteiger partial charge in [0.25, 0.3) is 5.91 Å². The number of aromatic nitrogens is 2. The van der Waals surface area contributed by atoms with Crippen molar-refractivity contribution in [2.75, 3.05) is 19.7 Å². The minimum absolute atomic E-state index is 0.0177. The molecular weight excluding hydrogens is 308 g/mol. The van der Waals surface area contributed by atoms with Crippen LogP contribution in [0.1, 0.15) is 50.9 Å². The van der Waals surface area contributed by atoms with E-state index in [0.29, 0.717) is 32.5 Å². The van der Waals surface area contributed by atoms with Gasteiger partial charge in [0.15, 0.2) is 0 Å². The molecule has 0 unspecified atom stereocenters. The molecule has 132 valence electrons. The summed E-state index contributed by atoms with van der Waals surface area (Å²) in [7, 11) is 1.90. The lowest BCUT2D eigenvalue weighted by atomic mass is 9.87. The van der Waals surface area contributed by atoms with Crippen molar-refractivity contribution in [2.45, 2.75) is 45.1 Å². The van der Waals surface area contributed by atoms with Crippen LogP contribution in [0.2, 0.25) is 0 Å². The molecule has 0 N–H and O–H groups in total. The Morgan fingerprint density at radius 2 is 2.21 bits per heavy atom. The van der Waals surface area contributed by atoms with Crippen LogP contribution in [0.5, 0.6) is 0 Å². The summed E-state index contributed by atoms with van der Waals surface area (Å²) in [5.74, 6) is 0.530. The average Bonchev–Trinajstić information content (AvgIpc) is 2.84. The van der Waals surface area contributed by atoms with E-state index in [0.717, 1.165) is 25.1 Å². The van der Waals surface area contributed by atoms with Crippen LogP contribution in [0.25, 0.3) is 0 Å². The van der Waals surface area contributed by atoms with Gasteiger partial charge in [-0.15, -0.1) is 0 Å². The number of carbonyl (C=O) groups excluding carboxylic acids is 2. The van der Waals surface area contributed by atoms with Crippen molar-refractivity contribution >= 4 is 11.8 Å². The van der Waals surface area contributed by atoms with Gasteiger partial charge in [-0.25, -0.2) is 10.0 Å². The molecule has 2 aliphatic rings. The number of imidazole rings is 1. The van der Waals surface area contributed by atoms with Crippen LogP contribution in [0, 0.1) is 5.92 Å². The zero-order valence-corrected chi connectivity index (χ0v) is 14.5. The summed E-state index contributed by atoms with van der Waals surface area (Å²) >= 11 is 0. The second-order valence-electron chi connectivity index (χ2n) is 6.50. The first kappa shape index (κ1) is 17.0. The number of aryl methyl sites for hydroxylation is 1. The molecule has 2 fully saturated rings. The maximum atomic E-state index is 13.1. The van der Waals surface area contributed by atoms with Crippen molar-refractivity contribution in [3.05, 3.63) is 18.2 Å². The number of nitrogens with zero attached hydrogens (tertiary/aromatic N) is 4. The first-order valence-electron chi connectivity index (χ1n) is 8.84. The summed E-state index contributed by atoms with van der Waals surface area (Å²) in [6.07, 6.45) is 7.54. The standard InChI is InChI=1S/C17H26N4O3/c1-3-20-14(22)8-7-13(15(20)16-18-9-11-19(16)2)17(23)21-10-5-4-6-12-24-21/h9,11,13,15H,3-8,10,12H2,1-2H3/t13-,15-/m0/s1. The van der Waals surface area contributed by atoms with Gasteiger partial charge in [-0.3, -0.25) is 14.4 Å². The molecule has 2 aliphatic heterocycles. The number of hydroxylamine groups is 2. The first-order valence-corrected chi connectivity index (χ1v) is 8.84. The molecule has 0 saturated carbocycles. The number of hydrogen-bond donors (Lipinski definition) is 0. The van der Waals surface area contributed by atoms with E-state index in [1.807, 2.05) is 24.7 Å². The number of carbonyl (C=O) groups is 2. The van der Waals surface area contributed by atoms with Gasteiger partial charge in [0, 0.05) is 39.0 Å². The van der Waals surface area contributed by atoms with E-state index in [1.165, 1.54) is 5.06 Å². The smallest absolute Gasteiger partial charge is 0.251 e. The molecule has 0 aliphatic carbocycles. The summed E-state index contributed by atoms with van der Waals surface area (Å²) in [4.78, 5) is 37.4. The maximum Gasteiger partial charge on any atom is 0.251 e. The minimum atomic E-state index is -0.324. The number of rotatable bonds is 3. The molecule has 2 atom stereocenters. The minimum Gasteiger partial charge on any atom is -0.336 e. The fourth-order valence-corrected chi connectivity index (χ4v) is 3.70. The van der Waals surface area contributed by atoms with Crippen LogP contribution in [0.4, 0.5) is 0 Å². The van der Waals surface area contributed by atoms with Crippen LogP contribution in [0.15, 0.2) is 12.4 Å². The summed E-state index contributed by atoms with van der Waals surface area (Å²) < 4.78 is 1.90. The summed E-state index contributed by atoms with van der Waals surface area (Å²) in [6, 6.07) is -0.324. The molecule has 2 saturated heterocycles. The molecule has 0 radical (unpaired) electrons. The molecule has 0 spiro atoms. The Morgan fingerprint density at radius 3 is 2.92 bits per heavy atom. The summed E-state index contributed by atoms with van der Waals surface area (Å²) in [5.41, 5.74) is 0. The molecule has 3 rings (SSSR count). The highest BCUT2D eigenvalue weighted by atomic mass is 16.7. The monoisotopic (exact) mass is 334 g/mol. The van der Waals surface area contributed by atoms with Gasteiger partial charge in [-0.05, 0) is 32.6 Å². The Kier molecular flexibility index (Phi) is 5.18. The number of likely N-dealkylation sites (tertiary alicyclic amines) is 1. The molecule has 0 aromatic carbocycles. The highest BCUT2D eigenvalue weighted by Gasteiger charge is 2.43. The van der Waals surface area contributed by atoms with Gasteiger partial charge in [-0.2, -0.15) is 0 Å². The average molecular weight is 334 g/mol. The Labute approximate surface area is 142 Å². The molecule has 24 heavy (non-hydrogen) atoms. The SMILES string of the molecule is CCN1C(=O)CC[C@H](C(=O)N2CCCCCO2)[C@H]1c1nccn1C. The number of piperidine rings is 1. The van der Waals surface area contributed by atoms with Gasteiger partial charge in [0.05, 0.1) is 12.5 Å². The lowest BCUT2D eigenvalue weighted by molar-refractivity contribution is -0.192. The fraction of sp³-hybridized carbons (Fsp3) is 0.706. The predicted octanol–water partition coefficient (Wildman–Crippen LogP) is 1.66. The topological polar surface area (TPSA) is 67.7 Å². The van der Waals surface area contributed by atoms with E-state index in [9.17, 15) is 9.59 Å². The molecule has 0 bridgehead atoms. The van der Waals surface area contributed by atoms with Crippen molar-refractivity contribution in [1.29, 1.82) is 0 Å². The highest BCUT2D eigenvalue weighted by molar-refractivity contribution is 5.84. The van der Waals surface area contributed by atoms with Crippen LogP contribution in [0.3, 0.4) is 0 Å². The third-order valence-electron chi connectivity index (χ3n) is 4.99. The van der Waals surface area contributed by atoms with Gasteiger partial charge >= 0.3 is 0 Å². The van der Waals surface area contributed by atoms with Crippen molar-refractivity contribution in [3.8, 4) is 0 Å². The Hall–Kier alpha value is -1.89. The van der Waals surface area contributed by atoms with Crippen molar-refractivity contribution < 1.29 is 14.4 Å². The van der Waals surface area contributed by atoms with Crippen molar-refractivity contribution in [2.24, 2.45) is 13.0 Å². The summed E-state index contributed by atoms with van der Waals surface area (Å²) in [6.45, 7) is 3.73. The third kappa shape index (κ3) is 3.17. The first-order chi connectivity index (χ1) is 11.6. The number of amides is 2. The third-order valence-corrected chi connectivity index (χ3v) is 4.99. The van der Waals surface area contributed by atoms with Gasteiger partial charge < -0.3 is 9.47 Å². The lowest BCUT2D eigenvalue weighted by Gasteiger charge is -2.40. The van der Waals surface area contributed by atoms with E-state index in [4.69, 9.17) is 4.84 Å². The molecular formula is C17H26N4O3. The zero-order valence-electron chi connectivity index (χ0n) is 14.5. The van der Waals surface area contributed by atoms with Crippen molar-refractivity contribution in [1.82, 2.24) is 19.5 Å². The number of hydrogen-bond acceptors (Lipinski definition) is 4. The molecule has 3 heterocycles. The van der Waals surface area contributed by atoms with Gasteiger partial charge in [-0.1, -0.05) is 0 Å². The highest BCUT2D eigenvalue weighted by Crippen LogP contribution is 2.37. The second-order valence-corrected chi connectivity index (χ2v) is 6.50. The lowest BCUT2D eigenvalue weighted by Crippen LogP contribution is -2.49. The predicted molar refractivity (Wildman–Crippen MR) is 87.6 cm³/mol. The zero-order chi connectivity index (χ0) is 17.1. The molecule has 1 aromatic rings. The van der Waals surface area contributed by atoms with E-state index in [1.54, 1.807) is 11.1 Å². The Balaban J connectivity index is 1.90. The molecule has 7 heteroatoms. The molecule has 2 amide bonds. The second kappa shape index (κ2) is 7.34. The maximum absolute atomic E-state index is 13.1. The van der Waals surface area contributed by atoms with Gasteiger partial charge in [0.1, 0.15) is 11.9 Å². The largest absolute Gasteiger partial charge is 0.336 e. The van der Waals surface area contributed by atoms with E-state index >= 15 is 0 Å². The van der Waals surface area contributed by atoms with E-state index in [-0.39, 0.29) is 23.8 Å². The molecule has 1 aromatic heterocycles. The van der Waals surface area contributed by atoms with E-state index in [2.05, 4.69) is 4.98 Å². The normalized spacial score (nSPS) is 25.7. The van der Waals surface area contributed by atoms with Crippen molar-refractivity contribution in [3.63, 3.8) is 0 Å². The Bertz CT molecular complexity index is 592. The van der Waals surface area contributed by atoms with Crippen LogP contribution < -0.4 is 0 Å². The van der Waals surface area contributed by atoms with Crippen LogP contribution in [-0.4, -0.2) is 51.0 Å². The summed E-state index contributed by atoms with van der Waals surface area (Å²) in [5, 5.41) is 1.53. The van der Waals surface area contributed by atoms with Gasteiger partial charge in [0.2, 0.25) is 5.91 Å². The fourth-order valence-electron chi connectivity index (χ4n) is 3.70. The Morgan fingerprint density at radius 1 is 1.38 bits per heavy atom. The van der Waals surface area contributed by atoms with Crippen LogP contribution in [-0.2, 0) is 21.5 Å². The van der Waals surface area contributed by atoms with Crippen LogP contribution >= 0.6 is 0 Å². The molecule has 7 nitrogen and oxygen atoms in total. The quantitative estimate of drug-likeness (QED) is 0.843.